The van der Waals surface area contributed by atoms with Gasteiger partial charge >= 0.3 is 0 Å². The van der Waals surface area contributed by atoms with Crippen molar-refractivity contribution in [2.75, 3.05) is 19.5 Å². The standard InChI is InChI=1S/C21H29N5O4/c1-12-10-20(28)24-21(22-12)26-14(3)16(13(2)25-26)7-9-19(27)23-15-6-8-17(29-4)18(11-15)30-5/h6,8,11-12,21-22H,7,9-10H2,1-5H3,(H,23,27)(H,24,28). The molecule has 1 aromatic carbocycles. The summed E-state index contributed by atoms with van der Waals surface area (Å²) in [6, 6.07) is 5.32. The number of hydrogen-bond acceptors (Lipinski definition) is 6. The second-order valence-electron chi connectivity index (χ2n) is 7.45. The first-order valence-corrected chi connectivity index (χ1v) is 9.94. The van der Waals surface area contributed by atoms with Crippen LogP contribution in [0.4, 0.5) is 5.69 Å². The van der Waals surface area contributed by atoms with E-state index in [1.54, 1.807) is 37.1 Å². The fourth-order valence-electron chi connectivity index (χ4n) is 3.68. The van der Waals surface area contributed by atoms with Gasteiger partial charge in [-0.3, -0.25) is 14.9 Å². The number of methoxy groups -OCH3 is 2. The normalized spacial score (nSPS) is 18.6. The van der Waals surface area contributed by atoms with Crippen molar-refractivity contribution in [1.29, 1.82) is 0 Å². The highest BCUT2D eigenvalue weighted by molar-refractivity contribution is 5.91. The van der Waals surface area contributed by atoms with Gasteiger partial charge in [-0.15, -0.1) is 0 Å². The molecule has 9 heteroatoms. The minimum absolute atomic E-state index is 0.00495. The average molecular weight is 415 g/mol. The van der Waals surface area contributed by atoms with Crippen LogP contribution < -0.4 is 25.4 Å². The number of nitrogens with zero attached hydrogens (tertiary/aromatic N) is 2. The summed E-state index contributed by atoms with van der Waals surface area (Å²) in [7, 11) is 3.12. The molecule has 0 saturated carbocycles. The Morgan fingerprint density at radius 1 is 1.27 bits per heavy atom. The highest BCUT2D eigenvalue weighted by Crippen LogP contribution is 2.30. The molecule has 0 aliphatic carbocycles. The quantitative estimate of drug-likeness (QED) is 0.639. The van der Waals surface area contributed by atoms with E-state index in [-0.39, 0.29) is 24.1 Å². The van der Waals surface area contributed by atoms with Crippen LogP contribution in [0.5, 0.6) is 11.5 Å². The summed E-state index contributed by atoms with van der Waals surface area (Å²) in [6.45, 7) is 5.84. The molecular weight excluding hydrogens is 386 g/mol. The summed E-state index contributed by atoms with van der Waals surface area (Å²) in [6.07, 6.45) is 0.920. The van der Waals surface area contributed by atoms with Gasteiger partial charge in [0, 0.05) is 36.3 Å². The number of anilines is 1. The zero-order valence-electron chi connectivity index (χ0n) is 18.0. The zero-order valence-corrected chi connectivity index (χ0v) is 18.0. The van der Waals surface area contributed by atoms with Crippen LogP contribution >= 0.6 is 0 Å². The van der Waals surface area contributed by atoms with E-state index in [1.165, 1.54) is 0 Å². The van der Waals surface area contributed by atoms with Crippen molar-refractivity contribution >= 4 is 17.5 Å². The minimum atomic E-state index is -0.380. The van der Waals surface area contributed by atoms with Crippen molar-refractivity contribution in [1.82, 2.24) is 20.4 Å². The lowest BCUT2D eigenvalue weighted by Crippen LogP contribution is -2.52. The molecule has 2 aromatic rings. The second-order valence-corrected chi connectivity index (χ2v) is 7.45. The number of benzene rings is 1. The summed E-state index contributed by atoms with van der Waals surface area (Å²) in [5, 5.41) is 13.7. The summed E-state index contributed by atoms with van der Waals surface area (Å²) in [4.78, 5) is 24.4. The van der Waals surface area contributed by atoms with Crippen LogP contribution in [-0.4, -0.2) is 41.9 Å². The Hall–Kier alpha value is -3.07. The molecule has 1 fully saturated rings. The molecule has 1 aliphatic heterocycles. The van der Waals surface area contributed by atoms with Crippen LogP contribution in [0.25, 0.3) is 0 Å². The van der Waals surface area contributed by atoms with Crippen LogP contribution in [0.3, 0.4) is 0 Å². The van der Waals surface area contributed by atoms with Crippen LogP contribution in [0.2, 0.25) is 0 Å². The van der Waals surface area contributed by atoms with Gasteiger partial charge in [0.25, 0.3) is 0 Å². The molecular formula is C21H29N5O4. The van der Waals surface area contributed by atoms with Gasteiger partial charge in [-0.1, -0.05) is 0 Å². The Morgan fingerprint density at radius 2 is 2.00 bits per heavy atom. The fraction of sp³-hybridized carbons (Fsp3) is 0.476. The third-order valence-corrected chi connectivity index (χ3v) is 5.22. The maximum Gasteiger partial charge on any atom is 0.224 e. The molecule has 3 rings (SSSR count). The average Bonchev–Trinajstić information content (AvgIpc) is 2.99. The lowest BCUT2D eigenvalue weighted by molar-refractivity contribution is -0.125. The maximum atomic E-state index is 12.5. The molecule has 9 nitrogen and oxygen atoms in total. The first kappa shape index (κ1) is 21.6. The van der Waals surface area contributed by atoms with Gasteiger partial charge < -0.3 is 20.1 Å². The first-order chi connectivity index (χ1) is 14.3. The summed E-state index contributed by atoms with van der Waals surface area (Å²) in [5.74, 6) is 1.05. The number of aryl methyl sites for hydroxylation is 1. The number of rotatable bonds is 7. The van der Waals surface area contributed by atoms with Crippen molar-refractivity contribution in [2.45, 2.75) is 52.4 Å². The number of carbonyl (C=O) groups excluding carboxylic acids is 2. The minimum Gasteiger partial charge on any atom is -0.493 e. The van der Waals surface area contributed by atoms with E-state index in [0.717, 1.165) is 17.0 Å². The van der Waals surface area contributed by atoms with Gasteiger partial charge in [0.15, 0.2) is 17.8 Å². The van der Waals surface area contributed by atoms with Gasteiger partial charge in [0.2, 0.25) is 11.8 Å². The molecule has 2 amide bonds. The molecule has 1 saturated heterocycles. The van der Waals surface area contributed by atoms with Crippen LogP contribution in [0, 0.1) is 13.8 Å². The number of nitrogens with one attached hydrogen (secondary N) is 3. The van der Waals surface area contributed by atoms with Crippen molar-refractivity contribution < 1.29 is 19.1 Å². The van der Waals surface area contributed by atoms with E-state index in [4.69, 9.17) is 9.47 Å². The number of ether oxygens (including phenoxy) is 2. The predicted octanol–water partition coefficient (Wildman–Crippen LogP) is 2.04. The summed E-state index contributed by atoms with van der Waals surface area (Å²) < 4.78 is 12.3. The van der Waals surface area contributed by atoms with Crippen LogP contribution in [0.15, 0.2) is 18.2 Å². The third-order valence-electron chi connectivity index (χ3n) is 5.22. The Balaban J connectivity index is 1.65. The lowest BCUT2D eigenvalue weighted by atomic mass is 10.1. The van der Waals surface area contributed by atoms with Crippen LogP contribution in [0.1, 0.15) is 43.0 Å². The molecule has 0 radical (unpaired) electrons. The predicted molar refractivity (Wildman–Crippen MR) is 113 cm³/mol. The topological polar surface area (TPSA) is 107 Å². The maximum absolute atomic E-state index is 12.5. The molecule has 1 aromatic heterocycles. The molecule has 2 unspecified atom stereocenters. The Morgan fingerprint density at radius 3 is 2.67 bits per heavy atom. The molecule has 3 N–H and O–H groups in total. The highest BCUT2D eigenvalue weighted by atomic mass is 16.5. The van der Waals surface area contributed by atoms with E-state index in [1.807, 2.05) is 20.8 Å². The van der Waals surface area contributed by atoms with Gasteiger partial charge in [-0.2, -0.15) is 5.10 Å². The van der Waals surface area contributed by atoms with Crippen molar-refractivity contribution in [2.24, 2.45) is 0 Å². The van der Waals surface area contributed by atoms with E-state index < -0.39 is 0 Å². The fourth-order valence-corrected chi connectivity index (χ4v) is 3.68. The Bertz CT molecular complexity index is 940. The van der Waals surface area contributed by atoms with Gasteiger partial charge in [0.1, 0.15) is 0 Å². The Labute approximate surface area is 176 Å². The monoisotopic (exact) mass is 415 g/mol. The highest BCUT2D eigenvalue weighted by Gasteiger charge is 2.27. The van der Waals surface area contributed by atoms with E-state index in [2.05, 4.69) is 21.0 Å². The molecule has 162 valence electrons. The second kappa shape index (κ2) is 9.17. The smallest absolute Gasteiger partial charge is 0.224 e. The van der Waals surface area contributed by atoms with Crippen molar-refractivity contribution in [3.63, 3.8) is 0 Å². The third kappa shape index (κ3) is 4.73. The molecule has 2 atom stereocenters. The SMILES string of the molecule is COc1ccc(NC(=O)CCc2c(C)nn(C3NC(=O)CC(C)N3)c2C)cc1OC. The summed E-state index contributed by atoms with van der Waals surface area (Å²) >= 11 is 0. The summed E-state index contributed by atoms with van der Waals surface area (Å²) in [5.41, 5.74) is 3.43. The van der Waals surface area contributed by atoms with Crippen molar-refractivity contribution in [3.8, 4) is 11.5 Å². The zero-order chi connectivity index (χ0) is 21.8. The largest absolute Gasteiger partial charge is 0.493 e. The Kier molecular flexibility index (Phi) is 6.61. The van der Waals surface area contributed by atoms with Gasteiger partial charge in [-0.25, -0.2) is 4.68 Å². The molecule has 0 bridgehead atoms. The number of amides is 2. The van der Waals surface area contributed by atoms with Gasteiger partial charge in [0.05, 0.1) is 19.9 Å². The number of hydrogen-bond donors (Lipinski definition) is 3. The van der Waals surface area contributed by atoms with E-state index >= 15 is 0 Å². The first-order valence-electron chi connectivity index (χ1n) is 9.94. The van der Waals surface area contributed by atoms with Gasteiger partial charge in [-0.05, 0) is 44.9 Å². The van der Waals surface area contributed by atoms with Crippen molar-refractivity contribution in [3.05, 3.63) is 35.2 Å². The molecule has 30 heavy (non-hydrogen) atoms. The van der Waals surface area contributed by atoms with E-state index in [0.29, 0.717) is 36.4 Å². The number of aromatic nitrogens is 2. The molecule has 1 aliphatic rings. The lowest BCUT2D eigenvalue weighted by Gasteiger charge is -2.30. The van der Waals surface area contributed by atoms with Crippen LogP contribution in [-0.2, 0) is 16.0 Å². The molecule has 0 spiro atoms. The number of carbonyl (C=O) groups is 2. The molecule has 2 heterocycles. The van der Waals surface area contributed by atoms with E-state index in [9.17, 15) is 9.59 Å².